The Morgan fingerprint density at radius 2 is 2.24 bits per heavy atom. The lowest BCUT2D eigenvalue weighted by molar-refractivity contribution is -0.120. The van der Waals surface area contributed by atoms with E-state index in [1.807, 2.05) is 25.1 Å². The van der Waals surface area contributed by atoms with Gasteiger partial charge in [-0.25, -0.2) is 0 Å². The van der Waals surface area contributed by atoms with Gasteiger partial charge in [0.05, 0.1) is 6.54 Å². The predicted molar refractivity (Wildman–Crippen MR) is 69.1 cm³/mol. The Balaban J connectivity index is 1.75. The molecule has 92 valence electrons. The van der Waals surface area contributed by atoms with E-state index < -0.39 is 0 Å². The van der Waals surface area contributed by atoms with Crippen LogP contribution in [0.4, 0.5) is 0 Å². The Morgan fingerprint density at radius 1 is 1.47 bits per heavy atom. The molecule has 2 N–H and O–H groups in total. The van der Waals surface area contributed by atoms with Crippen LogP contribution in [0.25, 0.3) is 0 Å². The summed E-state index contributed by atoms with van der Waals surface area (Å²) in [6.07, 6.45) is 2.25. The van der Waals surface area contributed by atoms with E-state index in [0.717, 1.165) is 23.4 Å². The van der Waals surface area contributed by atoms with Crippen molar-refractivity contribution in [1.82, 2.24) is 10.6 Å². The number of carbonyl (C=O) groups excluding carboxylic acids is 1. The number of hydrogen-bond donors (Lipinski definition) is 2. The number of benzene rings is 1. The Labute approximate surface area is 107 Å². The lowest BCUT2D eigenvalue weighted by atomic mass is 10.1. The fourth-order valence-corrected chi connectivity index (χ4v) is 1.90. The first kappa shape index (κ1) is 12.4. The van der Waals surface area contributed by atoms with Crippen LogP contribution in [0.5, 0.6) is 0 Å². The molecule has 1 fully saturated rings. The maximum absolute atomic E-state index is 11.4. The Hall–Kier alpha value is -1.06. The number of amides is 1. The van der Waals surface area contributed by atoms with Crippen LogP contribution in [0.2, 0.25) is 5.02 Å². The van der Waals surface area contributed by atoms with Crippen LogP contribution in [0.15, 0.2) is 18.2 Å². The summed E-state index contributed by atoms with van der Waals surface area (Å²) in [5.74, 6) is 0.0825. The van der Waals surface area contributed by atoms with E-state index in [-0.39, 0.29) is 5.91 Å². The lowest BCUT2D eigenvalue weighted by Gasteiger charge is -2.08. The quantitative estimate of drug-likeness (QED) is 0.842. The monoisotopic (exact) mass is 252 g/mol. The third-order valence-corrected chi connectivity index (χ3v) is 3.08. The molecule has 1 saturated carbocycles. The van der Waals surface area contributed by atoms with Crippen molar-refractivity contribution < 1.29 is 4.79 Å². The smallest absolute Gasteiger partial charge is 0.234 e. The number of rotatable bonds is 5. The normalized spacial score (nSPS) is 14.7. The van der Waals surface area contributed by atoms with Gasteiger partial charge >= 0.3 is 0 Å². The van der Waals surface area contributed by atoms with Crippen LogP contribution in [-0.4, -0.2) is 18.5 Å². The molecule has 1 aromatic rings. The van der Waals surface area contributed by atoms with Gasteiger partial charge in [0.2, 0.25) is 5.91 Å². The second-order valence-corrected chi connectivity index (χ2v) is 4.95. The molecule has 0 aromatic heterocycles. The van der Waals surface area contributed by atoms with Crippen molar-refractivity contribution in [2.24, 2.45) is 0 Å². The highest BCUT2D eigenvalue weighted by Gasteiger charge is 2.22. The lowest BCUT2D eigenvalue weighted by Crippen LogP contribution is -2.34. The Bertz CT molecular complexity index is 416. The van der Waals surface area contributed by atoms with E-state index in [4.69, 9.17) is 11.6 Å². The van der Waals surface area contributed by atoms with E-state index in [1.54, 1.807) is 0 Å². The highest BCUT2D eigenvalue weighted by Crippen LogP contribution is 2.18. The van der Waals surface area contributed by atoms with Crippen molar-refractivity contribution in [2.45, 2.75) is 32.4 Å². The summed E-state index contributed by atoms with van der Waals surface area (Å²) in [6.45, 7) is 3.09. The van der Waals surface area contributed by atoms with E-state index in [1.165, 1.54) is 5.56 Å². The van der Waals surface area contributed by atoms with Crippen molar-refractivity contribution in [3.05, 3.63) is 34.3 Å². The Morgan fingerprint density at radius 3 is 2.88 bits per heavy atom. The molecule has 0 saturated heterocycles. The summed E-state index contributed by atoms with van der Waals surface area (Å²) in [6, 6.07) is 6.23. The van der Waals surface area contributed by atoms with Crippen molar-refractivity contribution in [2.75, 3.05) is 6.54 Å². The van der Waals surface area contributed by atoms with Crippen LogP contribution in [0.3, 0.4) is 0 Å². The van der Waals surface area contributed by atoms with Crippen molar-refractivity contribution >= 4 is 17.5 Å². The van der Waals surface area contributed by atoms with Crippen molar-refractivity contribution in [3.8, 4) is 0 Å². The molecule has 1 aliphatic rings. The summed E-state index contributed by atoms with van der Waals surface area (Å²) in [5.41, 5.74) is 2.32. The molecule has 4 heteroatoms. The van der Waals surface area contributed by atoms with E-state index >= 15 is 0 Å². The second-order valence-electron chi connectivity index (χ2n) is 4.52. The van der Waals surface area contributed by atoms with E-state index in [2.05, 4.69) is 10.6 Å². The molecule has 0 heterocycles. The first-order valence-corrected chi connectivity index (χ1v) is 6.28. The second kappa shape index (κ2) is 5.52. The van der Waals surface area contributed by atoms with Gasteiger partial charge in [0.1, 0.15) is 0 Å². The molecule has 0 atom stereocenters. The SMILES string of the molecule is Cc1cc(Cl)ccc1CNCC(=O)NC1CC1. The van der Waals surface area contributed by atoms with Crippen LogP contribution < -0.4 is 10.6 Å². The van der Waals surface area contributed by atoms with E-state index in [0.29, 0.717) is 19.1 Å². The fourth-order valence-electron chi connectivity index (χ4n) is 1.67. The third-order valence-electron chi connectivity index (χ3n) is 2.85. The van der Waals surface area contributed by atoms with Gasteiger partial charge < -0.3 is 10.6 Å². The molecular weight excluding hydrogens is 236 g/mol. The summed E-state index contributed by atoms with van der Waals surface area (Å²) in [4.78, 5) is 11.4. The molecule has 0 spiro atoms. The van der Waals surface area contributed by atoms with Gasteiger partial charge in [-0.1, -0.05) is 17.7 Å². The van der Waals surface area contributed by atoms with Gasteiger partial charge in [-0.3, -0.25) is 4.79 Å². The molecule has 0 radical (unpaired) electrons. The third kappa shape index (κ3) is 4.02. The molecule has 1 amide bonds. The molecule has 17 heavy (non-hydrogen) atoms. The van der Waals surface area contributed by atoms with Crippen LogP contribution in [-0.2, 0) is 11.3 Å². The van der Waals surface area contributed by atoms with Crippen molar-refractivity contribution in [3.63, 3.8) is 0 Å². The minimum Gasteiger partial charge on any atom is -0.352 e. The topological polar surface area (TPSA) is 41.1 Å². The number of aryl methyl sites for hydroxylation is 1. The average molecular weight is 253 g/mol. The van der Waals surface area contributed by atoms with Crippen LogP contribution in [0.1, 0.15) is 24.0 Å². The summed E-state index contributed by atoms with van der Waals surface area (Å²) in [5, 5.41) is 6.83. The summed E-state index contributed by atoms with van der Waals surface area (Å²) >= 11 is 5.88. The van der Waals surface area contributed by atoms with Crippen LogP contribution >= 0.6 is 11.6 Å². The minimum atomic E-state index is 0.0825. The molecule has 0 aliphatic heterocycles. The first-order chi connectivity index (χ1) is 8.15. The maximum atomic E-state index is 11.4. The number of carbonyl (C=O) groups is 1. The summed E-state index contributed by atoms with van der Waals surface area (Å²) in [7, 11) is 0. The average Bonchev–Trinajstić information content (AvgIpc) is 3.05. The van der Waals surface area contributed by atoms with E-state index in [9.17, 15) is 4.79 Å². The van der Waals surface area contributed by atoms with Gasteiger partial charge in [-0.2, -0.15) is 0 Å². The first-order valence-electron chi connectivity index (χ1n) is 5.90. The van der Waals surface area contributed by atoms with Gasteiger partial charge in [0, 0.05) is 17.6 Å². The zero-order valence-corrected chi connectivity index (χ0v) is 10.7. The van der Waals surface area contributed by atoms with Crippen LogP contribution in [0, 0.1) is 6.92 Å². The summed E-state index contributed by atoms with van der Waals surface area (Å²) < 4.78 is 0. The molecule has 2 rings (SSSR count). The molecule has 0 unspecified atom stereocenters. The fraction of sp³-hybridized carbons (Fsp3) is 0.462. The maximum Gasteiger partial charge on any atom is 0.234 e. The molecule has 1 aromatic carbocycles. The minimum absolute atomic E-state index is 0.0825. The Kier molecular flexibility index (Phi) is 4.02. The predicted octanol–water partition coefficient (Wildman–Crippen LogP) is 2.02. The van der Waals surface area contributed by atoms with Gasteiger partial charge in [-0.15, -0.1) is 0 Å². The molecule has 1 aliphatic carbocycles. The van der Waals surface area contributed by atoms with Gasteiger partial charge in [0.15, 0.2) is 0 Å². The highest BCUT2D eigenvalue weighted by molar-refractivity contribution is 6.30. The number of nitrogens with one attached hydrogen (secondary N) is 2. The highest BCUT2D eigenvalue weighted by atomic mass is 35.5. The standard InChI is InChI=1S/C13H17ClN2O/c1-9-6-11(14)3-2-10(9)7-15-8-13(17)16-12-4-5-12/h2-3,6,12,15H,4-5,7-8H2,1H3,(H,16,17). The van der Waals surface area contributed by atoms with Crippen molar-refractivity contribution in [1.29, 1.82) is 0 Å². The molecule has 0 bridgehead atoms. The number of hydrogen-bond acceptors (Lipinski definition) is 2. The number of halogens is 1. The van der Waals surface area contributed by atoms with Gasteiger partial charge in [-0.05, 0) is 43.0 Å². The van der Waals surface area contributed by atoms with Gasteiger partial charge in [0.25, 0.3) is 0 Å². The molecular formula is C13H17ClN2O. The largest absolute Gasteiger partial charge is 0.352 e. The zero-order chi connectivity index (χ0) is 12.3. The zero-order valence-electron chi connectivity index (χ0n) is 9.92. The molecule has 3 nitrogen and oxygen atoms in total.